The molecule has 0 aliphatic carbocycles. The van der Waals surface area contributed by atoms with E-state index in [1.54, 1.807) is 54.0 Å². The van der Waals surface area contributed by atoms with Crippen molar-refractivity contribution >= 4 is 29.3 Å². The lowest BCUT2D eigenvalue weighted by molar-refractivity contribution is 0.0786. The van der Waals surface area contributed by atoms with Gasteiger partial charge in [-0.05, 0) is 42.2 Å². The number of benzene rings is 3. The average Bonchev–Trinajstić information content (AvgIpc) is 2.79. The van der Waals surface area contributed by atoms with Crippen LogP contribution in [-0.2, 0) is 6.54 Å². The van der Waals surface area contributed by atoms with Crippen LogP contribution in [0.25, 0.3) is 0 Å². The standard InChI is InChI=1S/C24H24N2O3S/c1-26(16-17-9-5-4-6-10-17)24(28)19-11-7-8-12-21(19)25-23(27)20-14-13-18(30-3)15-22(20)29-2/h4-15H,16H2,1-3H3,(H,25,27). The Labute approximate surface area is 181 Å². The quantitative estimate of drug-likeness (QED) is 0.550. The third-order valence-corrected chi connectivity index (χ3v) is 5.39. The van der Waals surface area contributed by atoms with Crippen molar-refractivity contribution < 1.29 is 14.3 Å². The molecular weight excluding hydrogens is 396 g/mol. The van der Waals surface area contributed by atoms with Crippen molar-refractivity contribution in [2.45, 2.75) is 11.4 Å². The normalized spacial score (nSPS) is 10.4. The van der Waals surface area contributed by atoms with Crippen LogP contribution in [0.15, 0.2) is 77.7 Å². The summed E-state index contributed by atoms with van der Waals surface area (Å²) in [6.07, 6.45) is 1.96. The number of anilines is 1. The molecule has 3 rings (SSSR count). The summed E-state index contributed by atoms with van der Waals surface area (Å²) in [5.74, 6) is -0.00531. The average molecular weight is 421 g/mol. The van der Waals surface area contributed by atoms with Gasteiger partial charge >= 0.3 is 0 Å². The number of nitrogens with one attached hydrogen (secondary N) is 1. The first-order valence-electron chi connectivity index (χ1n) is 9.45. The number of ether oxygens (including phenoxy) is 1. The van der Waals surface area contributed by atoms with E-state index in [1.165, 1.54) is 7.11 Å². The summed E-state index contributed by atoms with van der Waals surface area (Å²) in [5.41, 5.74) is 2.34. The van der Waals surface area contributed by atoms with Gasteiger partial charge < -0.3 is 15.0 Å². The zero-order valence-electron chi connectivity index (χ0n) is 17.2. The molecule has 3 aromatic carbocycles. The van der Waals surface area contributed by atoms with Crippen LogP contribution in [0.1, 0.15) is 26.3 Å². The summed E-state index contributed by atoms with van der Waals surface area (Å²) in [6, 6.07) is 22.2. The lowest BCUT2D eigenvalue weighted by Gasteiger charge is -2.19. The van der Waals surface area contributed by atoms with Gasteiger partial charge in [0.1, 0.15) is 5.75 Å². The zero-order valence-corrected chi connectivity index (χ0v) is 18.0. The number of methoxy groups -OCH3 is 1. The van der Waals surface area contributed by atoms with Gasteiger partial charge in [-0.25, -0.2) is 0 Å². The zero-order chi connectivity index (χ0) is 21.5. The van der Waals surface area contributed by atoms with Gasteiger partial charge in [0.2, 0.25) is 0 Å². The predicted octanol–water partition coefficient (Wildman–Crippen LogP) is 4.94. The van der Waals surface area contributed by atoms with Gasteiger partial charge in [0.15, 0.2) is 0 Å². The molecule has 0 aliphatic rings. The molecular formula is C24H24N2O3S. The van der Waals surface area contributed by atoms with Crippen molar-refractivity contribution in [3.05, 3.63) is 89.5 Å². The fourth-order valence-electron chi connectivity index (χ4n) is 3.09. The molecule has 0 saturated carbocycles. The minimum atomic E-state index is -0.328. The maximum absolute atomic E-state index is 13.0. The van der Waals surface area contributed by atoms with E-state index >= 15 is 0 Å². The fourth-order valence-corrected chi connectivity index (χ4v) is 3.52. The first kappa shape index (κ1) is 21.5. The van der Waals surface area contributed by atoms with Crippen molar-refractivity contribution in [3.8, 4) is 5.75 Å². The molecule has 6 heteroatoms. The highest BCUT2D eigenvalue weighted by molar-refractivity contribution is 7.98. The fraction of sp³-hybridized carbons (Fsp3) is 0.167. The molecule has 0 unspecified atom stereocenters. The summed E-state index contributed by atoms with van der Waals surface area (Å²) in [7, 11) is 3.28. The second-order valence-electron chi connectivity index (χ2n) is 6.71. The molecule has 0 fully saturated rings. The number of hydrogen-bond acceptors (Lipinski definition) is 4. The van der Waals surface area contributed by atoms with Gasteiger partial charge in [0.25, 0.3) is 11.8 Å². The third kappa shape index (κ3) is 5.02. The number of hydrogen-bond donors (Lipinski definition) is 1. The minimum absolute atomic E-state index is 0.167. The summed E-state index contributed by atoms with van der Waals surface area (Å²) < 4.78 is 5.38. The first-order chi connectivity index (χ1) is 14.5. The molecule has 0 heterocycles. The number of para-hydroxylation sites is 1. The topological polar surface area (TPSA) is 58.6 Å². The number of rotatable bonds is 7. The van der Waals surface area contributed by atoms with E-state index in [9.17, 15) is 9.59 Å². The van der Waals surface area contributed by atoms with Gasteiger partial charge in [-0.2, -0.15) is 0 Å². The van der Waals surface area contributed by atoms with Crippen molar-refractivity contribution in [2.75, 3.05) is 25.7 Å². The van der Waals surface area contributed by atoms with Crippen LogP contribution >= 0.6 is 11.8 Å². The van der Waals surface area contributed by atoms with Crippen LogP contribution in [-0.4, -0.2) is 37.1 Å². The second-order valence-corrected chi connectivity index (χ2v) is 7.59. The van der Waals surface area contributed by atoms with Crippen LogP contribution < -0.4 is 10.1 Å². The highest BCUT2D eigenvalue weighted by Gasteiger charge is 2.19. The van der Waals surface area contributed by atoms with Crippen molar-refractivity contribution in [3.63, 3.8) is 0 Å². The van der Waals surface area contributed by atoms with Crippen LogP contribution in [0.4, 0.5) is 5.69 Å². The van der Waals surface area contributed by atoms with E-state index in [0.717, 1.165) is 10.5 Å². The van der Waals surface area contributed by atoms with E-state index in [4.69, 9.17) is 4.74 Å². The summed E-state index contributed by atoms with van der Waals surface area (Å²) in [6.45, 7) is 0.478. The van der Waals surface area contributed by atoms with Crippen molar-refractivity contribution in [1.29, 1.82) is 0 Å². The van der Waals surface area contributed by atoms with E-state index in [1.807, 2.05) is 48.7 Å². The van der Waals surface area contributed by atoms with Crippen LogP contribution in [0.2, 0.25) is 0 Å². The second kappa shape index (κ2) is 9.98. The number of nitrogens with zero attached hydrogens (tertiary/aromatic N) is 1. The molecule has 2 amide bonds. The minimum Gasteiger partial charge on any atom is -0.496 e. The largest absolute Gasteiger partial charge is 0.496 e. The molecule has 154 valence electrons. The Kier molecular flexibility index (Phi) is 7.14. The van der Waals surface area contributed by atoms with E-state index < -0.39 is 0 Å². The Morgan fingerprint density at radius 2 is 1.67 bits per heavy atom. The maximum atomic E-state index is 13.0. The summed E-state index contributed by atoms with van der Waals surface area (Å²) >= 11 is 1.57. The SMILES string of the molecule is COc1cc(SC)ccc1C(=O)Nc1ccccc1C(=O)N(C)Cc1ccccc1. The molecule has 3 aromatic rings. The Bertz CT molecular complexity index is 1040. The molecule has 5 nitrogen and oxygen atoms in total. The molecule has 30 heavy (non-hydrogen) atoms. The smallest absolute Gasteiger partial charge is 0.259 e. The summed E-state index contributed by atoms with van der Waals surface area (Å²) in [5, 5.41) is 2.87. The predicted molar refractivity (Wildman–Crippen MR) is 121 cm³/mol. The number of carbonyl (C=O) groups is 2. The molecule has 1 N–H and O–H groups in total. The van der Waals surface area contributed by atoms with Gasteiger partial charge in [0, 0.05) is 18.5 Å². The monoisotopic (exact) mass is 420 g/mol. The lowest BCUT2D eigenvalue weighted by Crippen LogP contribution is -2.27. The highest BCUT2D eigenvalue weighted by atomic mass is 32.2. The number of carbonyl (C=O) groups excluding carboxylic acids is 2. The molecule has 0 radical (unpaired) electrons. The van der Waals surface area contributed by atoms with E-state index in [2.05, 4.69) is 5.32 Å². The summed E-state index contributed by atoms with van der Waals surface area (Å²) in [4.78, 5) is 28.6. The molecule has 0 aromatic heterocycles. The van der Waals surface area contributed by atoms with Crippen molar-refractivity contribution in [1.82, 2.24) is 4.90 Å². The number of thioether (sulfide) groups is 1. The maximum Gasteiger partial charge on any atom is 0.259 e. The molecule has 0 atom stereocenters. The van der Waals surface area contributed by atoms with Gasteiger partial charge in [0.05, 0.1) is 23.9 Å². The Hall–Kier alpha value is -3.25. The van der Waals surface area contributed by atoms with Gasteiger partial charge in [-0.3, -0.25) is 9.59 Å². The highest BCUT2D eigenvalue weighted by Crippen LogP contribution is 2.27. The molecule has 0 spiro atoms. The van der Waals surface area contributed by atoms with Gasteiger partial charge in [-0.1, -0.05) is 42.5 Å². The van der Waals surface area contributed by atoms with E-state index in [-0.39, 0.29) is 11.8 Å². The first-order valence-corrected chi connectivity index (χ1v) is 10.7. The Balaban J connectivity index is 1.81. The number of amides is 2. The Morgan fingerprint density at radius 1 is 0.967 bits per heavy atom. The van der Waals surface area contributed by atoms with Gasteiger partial charge in [-0.15, -0.1) is 11.8 Å². The van der Waals surface area contributed by atoms with Crippen molar-refractivity contribution in [2.24, 2.45) is 0 Å². The Morgan fingerprint density at radius 3 is 2.37 bits per heavy atom. The molecule has 0 aliphatic heterocycles. The van der Waals surface area contributed by atoms with Crippen LogP contribution in [0.3, 0.4) is 0 Å². The van der Waals surface area contributed by atoms with E-state index in [0.29, 0.717) is 29.1 Å². The molecule has 0 bridgehead atoms. The van der Waals surface area contributed by atoms with Crippen LogP contribution in [0.5, 0.6) is 5.75 Å². The van der Waals surface area contributed by atoms with Crippen LogP contribution in [0, 0.1) is 0 Å². The third-order valence-electron chi connectivity index (χ3n) is 4.67. The lowest BCUT2D eigenvalue weighted by atomic mass is 10.1. The molecule has 0 saturated heterocycles.